The van der Waals surface area contributed by atoms with Crippen LogP contribution in [0.15, 0.2) is 76.8 Å². The van der Waals surface area contributed by atoms with Gasteiger partial charge < -0.3 is 9.64 Å². The van der Waals surface area contributed by atoms with Gasteiger partial charge in [0.1, 0.15) is 16.5 Å². The molecule has 6 heteroatoms. The first kappa shape index (κ1) is 18.1. The molecule has 26 heavy (non-hydrogen) atoms. The predicted octanol–water partition coefficient (Wildman–Crippen LogP) is 5.14. The molecule has 0 unspecified atom stereocenters. The number of hydrogen-bond donors (Lipinski definition) is 0. The Kier molecular flexibility index (Phi) is 5.96. The average Bonchev–Trinajstić information content (AvgIpc) is 3.14. The van der Waals surface area contributed by atoms with Crippen LogP contribution in [0.4, 0.5) is 4.79 Å². The summed E-state index contributed by atoms with van der Waals surface area (Å²) in [6.07, 6.45) is 1.70. The Bertz CT molecular complexity index is 843. The van der Waals surface area contributed by atoms with Crippen LogP contribution in [0.3, 0.4) is 0 Å². The van der Waals surface area contributed by atoms with Crippen molar-refractivity contribution in [3.8, 4) is 11.5 Å². The molecule has 0 N–H and O–H groups in total. The van der Waals surface area contributed by atoms with E-state index < -0.39 is 0 Å². The third-order valence-corrected chi connectivity index (χ3v) is 4.75. The van der Waals surface area contributed by atoms with Crippen molar-refractivity contribution in [3.63, 3.8) is 0 Å². The van der Waals surface area contributed by atoms with Gasteiger partial charge >= 0.3 is 6.03 Å². The molecule has 134 valence electrons. The number of benzene rings is 2. The number of amides is 1. The molecule has 0 fully saturated rings. The van der Waals surface area contributed by atoms with Crippen molar-refractivity contribution in [2.24, 2.45) is 0 Å². The maximum atomic E-state index is 12.3. The lowest BCUT2D eigenvalue weighted by Gasteiger charge is -2.17. The molecule has 2 aromatic carbocycles. The quantitative estimate of drug-likeness (QED) is 0.605. The molecule has 1 amide bonds. The molecule has 3 rings (SSSR count). The minimum absolute atomic E-state index is 0.103. The minimum atomic E-state index is -0.103. The third-order valence-electron chi connectivity index (χ3n) is 3.82. The largest absolute Gasteiger partial charge is 0.457 e. The highest BCUT2D eigenvalue weighted by molar-refractivity contribution is 7.99. The molecule has 3 aromatic rings. The third kappa shape index (κ3) is 4.46. The molecule has 0 aliphatic carbocycles. The van der Waals surface area contributed by atoms with E-state index in [1.165, 1.54) is 16.4 Å². The molecule has 1 aromatic heterocycles. The molecule has 1 heterocycles. The van der Waals surface area contributed by atoms with Crippen LogP contribution >= 0.6 is 11.8 Å². The van der Waals surface area contributed by atoms with E-state index in [1.807, 2.05) is 74.5 Å². The lowest BCUT2D eigenvalue weighted by molar-refractivity contribution is 0.201. The number of rotatable bonds is 6. The van der Waals surface area contributed by atoms with Crippen molar-refractivity contribution in [1.29, 1.82) is 0 Å². The predicted molar refractivity (Wildman–Crippen MR) is 103 cm³/mol. The number of carbonyl (C=O) groups excluding carboxylic acids is 1. The summed E-state index contributed by atoms with van der Waals surface area (Å²) < 4.78 is 7.18. The van der Waals surface area contributed by atoms with Gasteiger partial charge in [-0.2, -0.15) is 9.78 Å². The number of para-hydroxylation sites is 1. The van der Waals surface area contributed by atoms with Crippen LogP contribution in [-0.4, -0.2) is 33.8 Å². The summed E-state index contributed by atoms with van der Waals surface area (Å²) >= 11 is 1.51. The standard InChI is InChI=1S/C20H21N3O2S/c1-3-22(4-2)20(24)23-15-14-19(21-23)26-18-12-10-17(11-13-18)25-16-8-6-5-7-9-16/h5-15H,3-4H2,1-2H3. The fourth-order valence-corrected chi connectivity index (χ4v) is 3.20. The Balaban J connectivity index is 1.63. The number of nitrogens with zero attached hydrogens (tertiary/aromatic N) is 3. The topological polar surface area (TPSA) is 47.4 Å². The monoisotopic (exact) mass is 367 g/mol. The Morgan fingerprint density at radius 2 is 1.65 bits per heavy atom. The van der Waals surface area contributed by atoms with E-state index in [1.54, 1.807) is 11.1 Å². The number of hydrogen-bond acceptors (Lipinski definition) is 4. The van der Waals surface area contributed by atoms with Gasteiger partial charge in [-0.1, -0.05) is 30.0 Å². The minimum Gasteiger partial charge on any atom is -0.457 e. The van der Waals surface area contributed by atoms with E-state index in [9.17, 15) is 4.79 Å². The van der Waals surface area contributed by atoms with Crippen LogP contribution in [0.25, 0.3) is 0 Å². The van der Waals surface area contributed by atoms with Crippen LogP contribution in [0.5, 0.6) is 11.5 Å². The zero-order valence-electron chi connectivity index (χ0n) is 14.8. The molecule has 0 aliphatic heterocycles. The lowest BCUT2D eigenvalue weighted by Crippen LogP contribution is -2.34. The van der Waals surface area contributed by atoms with E-state index in [0.717, 1.165) is 21.4 Å². The Morgan fingerprint density at radius 3 is 2.31 bits per heavy atom. The highest BCUT2D eigenvalue weighted by Gasteiger charge is 2.13. The average molecular weight is 367 g/mol. The number of carbonyl (C=O) groups is 1. The molecule has 0 saturated heterocycles. The first-order valence-corrected chi connectivity index (χ1v) is 9.37. The fraction of sp³-hybridized carbons (Fsp3) is 0.200. The summed E-state index contributed by atoms with van der Waals surface area (Å²) in [4.78, 5) is 15.1. The van der Waals surface area contributed by atoms with Gasteiger partial charge in [0.2, 0.25) is 0 Å². The Morgan fingerprint density at radius 1 is 1.00 bits per heavy atom. The zero-order valence-corrected chi connectivity index (χ0v) is 15.6. The molecular formula is C20H21N3O2S. The van der Waals surface area contributed by atoms with Crippen LogP contribution < -0.4 is 4.74 Å². The van der Waals surface area contributed by atoms with Gasteiger partial charge in [0, 0.05) is 24.2 Å². The number of ether oxygens (including phenoxy) is 1. The zero-order chi connectivity index (χ0) is 18.4. The summed E-state index contributed by atoms with van der Waals surface area (Å²) in [5, 5.41) is 5.15. The van der Waals surface area contributed by atoms with Crippen LogP contribution in [0.2, 0.25) is 0 Å². The summed E-state index contributed by atoms with van der Waals surface area (Å²) in [6, 6.07) is 19.2. The van der Waals surface area contributed by atoms with Gasteiger partial charge in [0.15, 0.2) is 0 Å². The summed E-state index contributed by atoms with van der Waals surface area (Å²) in [5.41, 5.74) is 0. The van der Waals surface area contributed by atoms with Crippen LogP contribution in [-0.2, 0) is 0 Å². The molecule has 0 aliphatic rings. The second-order valence-electron chi connectivity index (χ2n) is 5.54. The van der Waals surface area contributed by atoms with Crippen molar-refractivity contribution < 1.29 is 9.53 Å². The molecule has 0 atom stereocenters. The first-order valence-electron chi connectivity index (χ1n) is 8.55. The molecule has 5 nitrogen and oxygen atoms in total. The van der Waals surface area contributed by atoms with Gasteiger partial charge in [-0.3, -0.25) is 0 Å². The van der Waals surface area contributed by atoms with E-state index in [-0.39, 0.29) is 6.03 Å². The van der Waals surface area contributed by atoms with Crippen molar-refractivity contribution in [3.05, 3.63) is 66.9 Å². The van der Waals surface area contributed by atoms with Crippen LogP contribution in [0.1, 0.15) is 13.8 Å². The van der Waals surface area contributed by atoms with E-state index in [2.05, 4.69) is 5.10 Å². The molecule has 0 saturated carbocycles. The number of aromatic nitrogens is 2. The van der Waals surface area contributed by atoms with Gasteiger partial charge in [-0.25, -0.2) is 4.79 Å². The highest BCUT2D eigenvalue weighted by Crippen LogP contribution is 2.29. The van der Waals surface area contributed by atoms with Crippen molar-refractivity contribution >= 4 is 17.8 Å². The van der Waals surface area contributed by atoms with Crippen molar-refractivity contribution in [1.82, 2.24) is 14.7 Å². The summed E-state index contributed by atoms with van der Waals surface area (Å²) in [7, 11) is 0. The van der Waals surface area contributed by atoms with E-state index in [4.69, 9.17) is 4.74 Å². The van der Waals surface area contributed by atoms with E-state index in [0.29, 0.717) is 13.1 Å². The van der Waals surface area contributed by atoms with Crippen molar-refractivity contribution in [2.45, 2.75) is 23.8 Å². The van der Waals surface area contributed by atoms with Gasteiger partial charge in [0.25, 0.3) is 0 Å². The summed E-state index contributed by atoms with van der Waals surface area (Å²) in [6.45, 7) is 5.25. The van der Waals surface area contributed by atoms with Gasteiger partial charge in [0.05, 0.1) is 0 Å². The second kappa shape index (κ2) is 8.58. The van der Waals surface area contributed by atoms with Crippen molar-refractivity contribution in [2.75, 3.05) is 13.1 Å². The second-order valence-corrected chi connectivity index (χ2v) is 6.64. The SMILES string of the molecule is CCN(CC)C(=O)n1ccc(Sc2ccc(Oc3ccccc3)cc2)n1. The fourth-order valence-electron chi connectivity index (χ4n) is 2.43. The molecular weight excluding hydrogens is 346 g/mol. The summed E-state index contributed by atoms with van der Waals surface area (Å²) in [5.74, 6) is 1.59. The maximum Gasteiger partial charge on any atom is 0.344 e. The van der Waals surface area contributed by atoms with Gasteiger partial charge in [-0.05, 0) is 56.3 Å². The Hall–Kier alpha value is -2.73. The molecule has 0 bridgehead atoms. The molecule has 0 spiro atoms. The lowest BCUT2D eigenvalue weighted by atomic mass is 10.3. The molecule has 0 radical (unpaired) electrons. The normalized spacial score (nSPS) is 10.5. The highest BCUT2D eigenvalue weighted by atomic mass is 32.2. The first-order chi connectivity index (χ1) is 12.7. The Labute approximate surface area is 157 Å². The maximum absolute atomic E-state index is 12.3. The van der Waals surface area contributed by atoms with E-state index >= 15 is 0 Å². The van der Waals surface area contributed by atoms with Crippen LogP contribution in [0, 0.1) is 0 Å². The smallest absolute Gasteiger partial charge is 0.344 e. The van der Waals surface area contributed by atoms with Gasteiger partial charge in [-0.15, -0.1) is 0 Å².